The van der Waals surface area contributed by atoms with E-state index in [0.29, 0.717) is 19.7 Å². The van der Waals surface area contributed by atoms with Gasteiger partial charge in [0.1, 0.15) is 12.0 Å². The SMILES string of the molecule is C[C@@H]1OCCNCC1F.O=CN1CCc2ccccc2[C@@H]1c1ccc(F)cc1. The number of carbonyl (C=O) groups excluding carboxylic acids is 1. The van der Waals surface area contributed by atoms with E-state index in [1.807, 2.05) is 18.2 Å². The molecule has 1 amide bonds. The van der Waals surface area contributed by atoms with E-state index in [1.54, 1.807) is 24.0 Å². The number of ether oxygens (including phenoxy) is 1. The van der Waals surface area contributed by atoms with Crippen LogP contribution in [0.3, 0.4) is 0 Å². The summed E-state index contributed by atoms with van der Waals surface area (Å²) in [5.74, 6) is -0.259. The highest BCUT2D eigenvalue weighted by Gasteiger charge is 2.27. The molecule has 4 rings (SSSR count). The molecule has 2 aromatic rings. The molecule has 0 saturated carbocycles. The third kappa shape index (κ3) is 4.94. The molecule has 2 aliphatic heterocycles. The minimum Gasteiger partial charge on any atom is -0.374 e. The molecule has 150 valence electrons. The number of rotatable bonds is 2. The number of carbonyl (C=O) groups is 1. The second kappa shape index (κ2) is 9.75. The Labute approximate surface area is 164 Å². The van der Waals surface area contributed by atoms with Crippen molar-refractivity contribution in [2.24, 2.45) is 0 Å². The molecule has 0 aliphatic carbocycles. The summed E-state index contributed by atoms with van der Waals surface area (Å²) < 4.78 is 30.8. The number of hydrogen-bond acceptors (Lipinski definition) is 3. The van der Waals surface area contributed by atoms with Crippen molar-refractivity contribution in [3.63, 3.8) is 0 Å². The van der Waals surface area contributed by atoms with Crippen molar-refractivity contribution in [2.45, 2.75) is 31.7 Å². The first-order chi connectivity index (χ1) is 13.6. The second-order valence-corrected chi connectivity index (χ2v) is 7.04. The van der Waals surface area contributed by atoms with Crippen molar-refractivity contribution in [1.29, 1.82) is 0 Å². The predicted octanol–water partition coefficient (Wildman–Crippen LogP) is 3.26. The molecule has 3 atom stereocenters. The molecule has 1 N–H and O–H groups in total. The number of nitrogens with zero attached hydrogens (tertiary/aromatic N) is 1. The molecule has 1 saturated heterocycles. The first-order valence-electron chi connectivity index (χ1n) is 9.61. The smallest absolute Gasteiger partial charge is 0.210 e. The highest BCUT2D eigenvalue weighted by atomic mass is 19.1. The lowest BCUT2D eigenvalue weighted by molar-refractivity contribution is -0.119. The van der Waals surface area contributed by atoms with Crippen LogP contribution in [0.5, 0.6) is 0 Å². The first-order valence-corrected chi connectivity index (χ1v) is 9.61. The van der Waals surface area contributed by atoms with Gasteiger partial charge in [0, 0.05) is 19.6 Å². The molecule has 6 heteroatoms. The van der Waals surface area contributed by atoms with Crippen molar-refractivity contribution >= 4 is 6.41 Å². The van der Waals surface area contributed by atoms with Crippen LogP contribution in [-0.2, 0) is 16.0 Å². The maximum absolute atomic E-state index is 13.0. The summed E-state index contributed by atoms with van der Waals surface area (Å²) >= 11 is 0. The van der Waals surface area contributed by atoms with Crippen LogP contribution in [0.1, 0.15) is 29.7 Å². The van der Waals surface area contributed by atoms with E-state index in [9.17, 15) is 13.6 Å². The lowest BCUT2D eigenvalue weighted by Gasteiger charge is -2.35. The van der Waals surface area contributed by atoms with Gasteiger partial charge in [0.15, 0.2) is 0 Å². The molecule has 0 radical (unpaired) electrons. The van der Waals surface area contributed by atoms with Gasteiger partial charge in [-0.25, -0.2) is 8.78 Å². The molecule has 4 nitrogen and oxygen atoms in total. The van der Waals surface area contributed by atoms with Crippen LogP contribution in [0.2, 0.25) is 0 Å². The van der Waals surface area contributed by atoms with Gasteiger partial charge < -0.3 is 15.0 Å². The van der Waals surface area contributed by atoms with Crippen LogP contribution < -0.4 is 5.32 Å². The Kier molecular flexibility index (Phi) is 7.12. The number of nitrogens with one attached hydrogen (secondary N) is 1. The quantitative estimate of drug-likeness (QED) is 0.803. The van der Waals surface area contributed by atoms with Gasteiger partial charge in [-0.15, -0.1) is 0 Å². The van der Waals surface area contributed by atoms with Gasteiger partial charge in [-0.1, -0.05) is 36.4 Å². The maximum atomic E-state index is 13.0. The molecule has 2 aliphatic rings. The summed E-state index contributed by atoms with van der Waals surface area (Å²) in [6.45, 7) is 4.29. The molecular weight excluding hydrogens is 362 g/mol. The molecule has 2 aromatic carbocycles. The van der Waals surface area contributed by atoms with E-state index < -0.39 is 6.17 Å². The second-order valence-electron chi connectivity index (χ2n) is 7.04. The fourth-order valence-electron chi connectivity index (χ4n) is 3.54. The predicted molar refractivity (Wildman–Crippen MR) is 104 cm³/mol. The van der Waals surface area contributed by atoms with E-state index in [1.165, 1.54) is 17.7 Å². The zero-order valence-electron chi connectivity index (χ0n) is 16.0. The molecule has 1 fully saturated rings. The normalized spacial score (nSPS) is 24.4. The molecule has 0 aromatic heterocycles. The van der Waals surface area contributed by atoms with E-state index >= 15 is 0 Å². The van der Waals surface area contributed by atoms with Crippen LogP contribution in [0.25, 0.3) is 0 Å². The Bertz CT molecular complexity index is 759. The van der Waals surface area contributed by atoms with E-state index in [0.717, 1.165) is 30.5 Å². The van der Waals surface area contributed by atoms with Gasteiger partial charge in [-0.3, -0.25) is 4.79 Å². The van der Waals surface area contributed by atoms with Crippen LogP contribution in [-0.4, -0.2) is 49.8 Å². The van der Waals surface area contributed by atoms with Crippen molar-refractivity contribution in [2.75, 3.05) is 26.2 Å². The van der Waals surface area contributed by atoms with Crippen molar-refractivity contribution < 1.29 is 18.3 Å². The monoisotopic (exact) mass is 388 g/mol. The van der Waals surface area contributed by atoms with Gasteiger partial charge in [-0.05, 0) is 42.2 Å². The summed E-state index contributed by atoms with van der Waals surface area (Å²) in [6, 6.07) is 14.4. The molecule has 2 heterocycles. The average Bonchev–Trinajstić information content (AvgIpc) is 2.92. The molecular formula is C22H26F2N2O2. The van der Waals surface area contributed by atoms with Crippen LogP contribution in [0.4, 0.5) is 8.78 Å². The fraction of sp³-hybridized carbons (Fsp3) is 0.409. The summed E-state index contributed by atoms with van der Waals surface area (Å²) in [6.07, 6.45) is 0.670. The third-order valence-electron chi connectivity index (χ3n) is 5.15. The van der Waals surface area contributed by atoms with Crippen LogP contribution in [0, 0.1) is 5.82 Å². The summed E-state index contributed by atoms with van der Waals surface area (Å²) in [4.78, 5) is 13.0. The lowest BCUT2D eigenvalue weighted by Crippen LogP contribution is -2.34. The van der Waals surface area contributed by atoms with Crippen molar-refractivity contribution in [3.8, 4) is 0 Å². The zero-order chi connectivity index (χ0) is 19.9. The van der Waals surface area contributed by atoms with Crippen LogP contribution >= 0.6 is 0 Å². The standard InChI is InChI=1S/C16H14FNO.C6H12FNO/c17-14-7-5-13(6-8-14)16-15-4-2-1-3-12(15)9-10-18(16)11-19;1-5-6(7)4-8-2-3-9-5/h1-8,11,16H,9-10H2;5-6,8H,2-4H2,1H3/t16-;5-,6?/m00/s1. The van der Waals surface area contributed by atoms with Gasteiger partial charge in [0.05, 0.1) is 18.8 Å². The number of amides is 1. The largest absolute Gasteiger partial charge is 0.374 e. The van der Waals surface area contributed by atoms with E-state index in [-0.39, 0.29) is 18.0 Å². The molecule has 0 spiro atoms. The fourth-order valence-corrected chi connectivity index (χ4v) is 3.54. The maximum Gasteiger partial charge on any atom is 0.210 e. The Morgan fingerprint density at radius 1 is 1.18 bits per heavy atom. The van der Waals surface area contributed by atoms with Gasteiger partial charge >= 0.3 is 0 Å². The Morgan fingerprint density at radius 3 is 2.68 bits per heavy atom. The third-order valence-corrected chi connectivity index (χ3v) is 5.15. The van der Waals surface area contributed by atoms with Crippen molar-refractivity contribution in [1.82, 2.24) is 10.2 Å². The minimum atomic E-state index is -0.840. The zero-order valence-corrected chi connectivity index (χ0v) is 16.0. The number of fused-ring (bicyclic) bond motifs is 1. The Hall–Kier alpha value is -2.31. The molecule has 1 unspecified atom stereocenters. The van der Waals surface area contributed by atoms with Gasteiger partial charge in [0.25, 0.3) is 0 Å². The minimum absolute atomic E-state index is 0.108. The van der Waals surface area contributed by atoms with Crippen LogP contribution in [0.15, 0.2) is 48.5 Å². The number of hydrogen-bond donors (Lipinski definition) is 1. The molecule has 0 bridgehead atoms. The number of halogens is 2. The average molecular weight is 388 g/mol. The number of benzene rings is 2. The van der Waals surface area contributed by atoms with Gasteiger partial charge in [-0.2, -0.15) is 0 Å². The highest BCUT2D eigenvalue weighted by molar-refractivity contribution is 5.54. The lowest BCUT2D eigenvalue weighted by atomic mass is 9.88. The Balaban J connectivity index is 0.000000211. The Morgan fingerprint density at radius 2 is 1.93 bits per heavy atom. The van der Waals surface area contributed by atoms with Crippen molar-refractivity contribution in [3.05, 3.63) is 71.0 Å². The van der Waals surface area contributed by atoms with E-state index in [4.69, 9.17) is 4.74 Å². The van der Waals surface area contributed by atoms with Gasteiger partial charge in [0.2, 0.25) is 6.41 Å². The highest BCUT2D eigenvalue weighted by Crippen LogP contribution is 2.34. The molecule has 28 heavy (non-hydrogen) atoms. The summed E-state index contributed by atoms with van der Waals surface area (Å²) in [7, 11) is 0. The summed E-state index contributed by atoms with van der Waals surface area (Å²) in [5.41, 5.74) is 3.34. The number of alkyl halides is 1. The first kappa shape index (κ1) is 20.4. The topological polar surface area (TPSA) is 41.6 Å². The van der Waals surface area contributed by atoms with E-state index in [2.05, 4.69) is 11.4 Å². The summed E-state index contributed by atoms with van der Waals surface area (Å²) in [5, 5.41) is 2.93.